The predicted octanol–water partition coefficient (Wildman–Crippen LogP) is 3.77. The number of hydrogen-bond donors (Lipinski definition) is 1. The standard InChI is InChI=1S/C23H17FN4O2/c1-28-21(23(29)27-17-8-10-18(30-2)11-9-17)13-19-20(25-14-26-22(19)28)12-5-15-3-6-16(24)7-4-15/h3-4,6-11,13-14H,1-2H3,(H,27,29). The number of methoxy groups -OCH3 is 1. The first kappa shape index (κ1) is 19.2. The molecule has 1 amide bonds. The first-order chi connectivity index (χ1) is 14.5. The lowest BCUT2D eigenvalue weighted by Gasteiger charge is -2.07. The van der Waals surface area contributed by atoms with Crippen molar-refractivity contribution >= 4 is 22.6 Å². The highest BCUT2D eigenvalue weighted by molar-refractivity contribution is 6.06. The maximum absolute atomic E-state index is 13.1. The number of nitrogens with zero attached hydrogens (tertiary/aromatic N) is 3. The van der Waals surface area contributed by atoms with Gasteiger partial charge in [-0.1, -0.05) is 5.92 Å². The fraction of sp³-hybridized carbons (Fsp3) is 0.0870. The van der Waals surface area contributed by atoms with Crippen LogP contribution in [-0.2, 0) is 7.05 Å². The summed E-state index contributed by atoms with van der Waals surface area (Å²) < 4.78 is 19.9. The summed E-state index contributed by atoms with van der Waals surface area (Å²) in [6, 6.07) is 14.7. The second-order valence-electron chi connectivity index (χ2n) is 6.49. The molecular weight excluding hydrogens is 383 g/mol. The van der Waals surface area contributed by atoms with E-state index in [1.54, 1.807) is 61.2 Å². The van der Waals surface area contributed by atoms with Crippen molar-refractivity contribution in [3.05, 3.63) is 83.7 Å². The van der Waals surface area contributed by atoms with Gasteiger partial charge in [-0.2, -0.15) is 0 Å². The largest absolute Gasteiger partial charge is 0.497 e. The second-order valence-corrected chi connectivity index (χ2v) is 6.49. The molecule has 4 aromatic rings. The number of hydrogen-bond acceptors (Lipinski definition) is 4. The molecule has 0 saturated carbocycles. The van der Waals surface area contributed by atoms with Crippen molar-refractivity contribution in [3.8, 4) is 17.6 Å². The van der Waals surface area contributed by atoms with Crippen LogP contribution in [-0.4, -0.2) is 27.6 Å². The van der Waals surface area contributed by atoms with E-state index in [1.165, 1.54) is 18.5 Å². The third kappa shape index (κ3) is 3.84. The number of carbonyl (C=O) groups is 1. The molecule has 0 aliphatic carbocycles. The Morgan fingerprint density at radius 1 is 1.07 bits per heavy atom. The zero-order chi connectivity index (χ0) is 21.1. The van der Waals surface area contributed by atoms with Crippen molar-refractivity contribution in [2.75, 3.05) is 12.4 Å². The third-order valence-corrected chi connectivity index (χ3v) is 4.57. The highest BCUT2D eigenvalue weighted by atomic mass is 19.1. The average molecular weight is 400 g/mol. The fourth-order valence-electron chi connectivity index (χ4n) is 2.99. The lowest BCUT2D eigenvalue weighted by Crippen LogP contribution is -2.15. The van der Waals surface area contributed by atoms with Gasteiger partial charge in [-0.3, -0.25) is 4.79 Å². The lowest BCUT2D eigenvalue weighted by atomic mass is 10.2. The van der Waals surface area contributed by atoms with Gasteiger partial charge in [0.1, 0.15) is 34.9 Å². The Hall–Kier alpha value is -4.18. The number of halogens is 1. The summed E-state index contributed by atoms with van der Waals surface area (Å²) >= 11 is 0. The Labute approximate surface area is 172 Å². The molecular formula is C23H17FN4O2. The van der Waals surface area contributed by atoms with Gasteiger partial charge in [0.15, 0.2) is 0 Å². The van der Waals surface area contributed by atoms with Crippen molar-refractivity contribution in [1.82, 2.24) is 14.5 Å². The molecule has 30 heavy (non-hydrogen) atoms. The zero-order valence-electron chi connectivity index (χ0n) is 16.3. The SMILES string of the molecule is COc1ccc(NC(=O)c2cc3c(C#Cc4ccc(F)cc4)ncnc3n2C)cc1. The number of benzene rings is 2. The number of fused-ring (bicyclic) bond motifs is 1. The summed E-state index contributed by atoms with van der Waals surface area (Å²) in [4.78, 5) is 21.3. The van der Waals surface area contributed by atoms with Crippen LogP contribution in [0.1, 0.15) is 21.7 Å². The number of aromatic nitrogens is 3. The molecule has 2 aromatic heterocycles. The lowest BCUT2D eigenvalue weighted by molar-refractivity contribution is 0.101. The monoisotopic (exact) mass is 400 g/mol. The minimum absolute atomic E-state index is 0.280. The molecule has 2 heterocycles. The molecule has 0 aliphatic heterocycles. The molecule has 0 unspecified atom stereocenters. The van der Waals surface area contributed by atoms with Crippen molar-refractivity contribution in [2.45, 2.75) is 0 Å². The molecule has 148 valence electrons. The summed E-state index contributed by atoms with van der Waals surface area (Å²) in [7, 11) is 3.34. The van der Waals surface area contributed by atoms with Crippen LogP contribution in [0, 0.1) is 17.7 Å². The van der Waals surface area contributed by atoms with E-state index in [9.17, 15) is 9.18 Å². The van der Waals surface area contributed by atoms with E-state index in [0.717, 1.165) is 0 Å². The highest BCUT2D eigenvalue weighted by Crippen LogP contribution is 2.21. The number of aryl methyl sites for hydroxylation is 1. The van der Waals surface area contributed by atoms with Gasteiger partial charge in [-0.15, -0.1) is 0 Å². The number of amides is 1. The van der Waals surface area contributed by atoms with Gasteiger partial charge in [-0.05, 0) is 60.5 Å². The quantitative estimate of drug-likeness (QED) is 0.532. The second kappa shape index (κ2) is 8.05. The van der Waals surface area contributed by atoms with Gasteiger partial charge in [0.05, 0.1) is 12.5 Å². The molecule has 0 aliphatic rings. The molecule has 0 radical (unpaired) electrons. The van der Waals surface area contributed by atoms with Crippen LogP contribution < -0.4 is 10.1 Å². The molecule has 0 fully saturated rings. The molecule has 0 spiro atoms. The van der Waals surface area contributed by atoms with E-state index in [0.29, 0.717) is 39.4 Å². The zero-order valence-corrected chi connectivity index (χ0v) is 16.3. The van der Waals surface area contributed by atoms with Crippen molar-refractivity contribution in [1.29, 1.82) is 0 Å². The van der Waals surface area contributed by atoms with Crippen molar-refractivity contribution in [3.63, 3.8) is 0 Å². The summed E-state index contributed by atoms with van der Waals surface area (Å²) in [5, 5.41) is 3.52. The summed E-state index contributed by atoms with van der Waals surface area (Å²) in [6.07, 6.45) is 1.40. The molecule has 7 heteroatoms. The smallest absolute Gasteiger partial charge is 0.272 e. The number of nitrogens with one attached hydrogen (secondary N) is 1. The third-order valence-electron chi connectivity index (χ3n) is 4.57. The van der Waals surface area contributed by atoms with E-state index in [4.69, 9.17) is 4.74 Å². The summed E-state index contributed by atoms with van der Waals surface area (Å²) in [6.45, 7) is 0. The van der Waals surface area contributed by atoms with Gasteiger partial charge < -0.3 is 14.6 Å². The maximum Gasteiger partial charge on any atom is 0.272 e. The van der Waals surface area contributed by atoms with Gasteiger partial charge in [-0.25, -0.2) is 14.4 Å². The van der Waals surface area contributed by atoms with Crippen LogP contribution in [0.3, 0.4) is 0 Å². The van der Waals surface area contributed by atoms with Crippen LogP contribution in [0.25, 0.3) is 11.0 Å². The predicted molar refractivity (Wildman–Crippen MR) is 112 cm³/mol. The van der Waals surface area contributed by atoms with Crippen LogP contribution in [0.15, 0.2) is 60.9 Å². The summed E-state index contributed by atoms with van der Waals surface area (Å²) in [5.74, 6) is 6.05. The summed E-state index contributed by atoms with van der Waals surface area (Å²) in [5.41, 5.74) is 2.81. The molecule has 1 N–H and O–H groups in total. The normalized spacial score (nSPS) is 10.4. The highest BCUT2D eigenvalue weighted by Gasteiger charge is 2.16. The Morgan fingerprint density at radius 2 is 1.80 bits per heavy atom. The van der Waals surface area contributed by atoms with Crippen LogP contribution in [0.2, 0.25) is 0 Å². The molecule has 4 rings (SSSR count). The fourth-order valence-corrected chi connectivity index (χ4v) is 2.99. The first-order valence-electron chi connectivity index (χ1n) is 9.08. The molecule has 0 bridgehead atoms. The number of ether oxygens (including phenoxy) is 1. The molecule has 6 nitrogen and oxygen atoms in total. The van der Waals surface area contributed by atoms with Crippen LogP contribution in [0.5, 0.6) is 5.75 Å². The number of anilines is 1. The maximum atomic E-state index is 13.1. The van der Waals surface area contributed by atoms with Crippen molar-refractivity contribution in [2.24, 2.45) is 7.05 Å². The van der Waals surface area contributed by atoms with E-state index in [-0.39, 0.29) is 11.7 Å². The minimum atomic E-state index is -0.319. The molecule has 0 atom stereocenters. The molecule has 2 aromatic carbocycles. The van der Waals surface area contributed by atoms with Crippen molar-refractivity contribution < 1.29 is 13.9 Å². The number of carbonyl (C=O) groups excluding carboxylic acids is 1. The van der Waals surface area contributed by atoms with Gasteiger partial charge in [0, 0.05) is 18.3 Å². The van der Waals surface area contributed by atoms with E-state index >= 15 is 0 Å². The van der Waals surface area contributed by atoms with E-state index < -0.39 is 0 Å². The van der Waals surface area contributed by atoms with Gasteiger partial charge >= 0.3 is 0 Å². The van der Waals surface area contributed by atoms with E-state index in [2.05, 4.69) is 27.1 Å². The Morgan fingerprint density at radius 3 is 2.50 bits per heavy atom. The van der Waals surface area contributed by atoms with Crippen LogP contribution >= 0.6 is 0 Å². The first-order valence-corrected chi connectivity index (χ1v) is 9.08. The molecule has 0 saturated heterocycles. The van der Waals surface area contributed by atoms with E-state index in [1.807, 2.05) is 0 Å². The van der Waals surface area contributed by atoms with Gasteiger partial charge in [0.2, 0.25) is 0 Å². The van der Waals surface area contributed by atoms with Gasteiger partial charge in [0.25, 0.3) is 5.91 Å². The Balaban J connectivity index is 1.65. The number of rotatable bonds is 3. The average Bonchev–Trinajstić information content (AvgIpc) is 3.11. The topological polar surface area (TPSA) is 69.0 Å². The van der Waals surface area contributed by atoms with Crippen LogP contribution in [0.4, 0.5) is 10.1 Å². The minimum Gasteiger partial charge on any atom is -0.497 e. The Bertz CT molecular complexity index is 1280. The Kier molecular flexibility index (Phi) is 5.14.